The third kappa shape index (κ3) is 6.21. The molecule has 1 fully saturated rings. The molecule has 0 aromatic rings. The Morgan fingerprint density at radius 1 is 1.32 bits per heavy atom. The lowest BCUT2D eigenvalue weighted by Crippen LogP contribution is -2.58. The maximum absolute atomic E-state index is 11.2. The molecule has 0 amide bonds. The summed E-state index contributed by atoms with van der Waals surface area (Å²) in [4.78, 5) is 4.75. The number of nitrogens with zero attached hydrogens (tertiary/aromatic N) is 2. The highest BCUT2D eigenvalue weighted by Crippen LogP contribution is 2.14. The number of hydrogen-bond donors (Lipinski definition) is 1. The molecule has 0 aliphatic carbocycles. The second-order valence-corrected chi connectivity index (χ2v) is 8.01. The smallest absolute Gasteiger partial charge is 0.147 e. The van der Waals surface area contributed by atoms with Crippen LogP contribution in [-0.2, 0) is 9.84 Å². The van der Waals surface area contributed by atoms with Crippen LogP contribution in [0.5, 0.6) is 0 Å². The number of hydrogen-bond acceptors (Lipinski definition) is 5. The van der Waals surface area contributed by atoms with Gasteiger partial charge in [-0.2, -0.15) is 0 Å². The second-order valence-electron chi connectivity index (χ2n) is 5.75. The van der Waals surface area contributed by atoms with Crippen LogP contribution in [0.3, 0.4) is 0 Å². The minimum absolute atomic E-state index is 0.293. The van der Waals surface area contributed by atoms with Gasteiger partial charge in [0.25, 0.3) is 0 Å². The monoisotopic (exact) mass is 291 g/mol. The van der Waals surface area contributed by atoms with Crippen molar-refractivity contribution in [3.8, 4) is 0 Å². The average Bonchev–Trinajstić information content (AvgIpc) is 2.30. The molecule has 0 aromatic carbocycles. The van der Waals surface area contributed by atoms with Crippen molar-refractivity contribution >= 4 is 9.84 Å². The number of piperazine rings is 1. The first-order chi connectivity index (χ1) is 8.83. The molecule has 0 saturated carbocycles. The maximum Gasteiger partial charge on any atom is 0.147 e. The molecule has 6 heteroatoms. The van der Waals surface area contributed by atoms with Gasteiger partial charge in [-0.05, 0) is 33.5 Å². The molecule has 1 aliphatic rings. The molecule has 114 valence electrons. The Kier molecular flexibility index (Phi) is 6.73. The zero-order valence-corrected chi connectivity index (χ0v) is 13.5. The van der Waals surface area contributed by atoms with Crippen LogP contribution in [0.15, 0.2) is 0 Å². The molecular formula is C13H29N3O2S. The third-order valence-corrected chi connectivity index (χ3v) is 4.89. The van der Waals surface area contributed by atoms with Gasteiger partial charge in [0.15, 0.2) is 0 Å². The van der Waals surface area contributed by atoms with Crippen molar-refractivity contribution in [1.29, 1.82) is 0 Å². The second kappa shape index (κ2) is 7.57. The van der Waals surface area contributed by atoms with Gasteiger partial charge in [-0.25, -0.2) is 8.42 Å². The first-order valence-electron chi connectivity index (χ1n) is 7.13. The fourth-order valence-electron chi connectivity index (χ4n) is 2.74. The SMILES string of the molecule is CCNC(CCCS(C)(=O)=O)C1CN(C)CCN1C. The Hall–Kier alpha value is -0.170. The number of rotatable bonds is 7. The fourth-order valence-corrected chi connectivity index (χ4v) is 3.43. The van der Waals surface area contributed by atoms with Crippen molar-refractivity contribution in [2.24, 2.45) is 0 Å². The van der Waals surface area contributed by atoms with Crippen LogP contribution in [0.1, 0.15) is 19.8 Å². The summed E-state index contributed by atoms with van der Waals surface area (Å²) < 4.78 is 22.4. The zero-order chi connectivity index (χ0) is 14.5. The summed E-state index contributed by atoms with van der Waals surface area (Å²) in [6.45, 7) is 6.27. The largest absolute Gasteiger partial charge is 0.313 e. The lowest BCUT2D eigenvalue weighted by Gasteiger charge is -2.42. The number of sulfone groups is 1. The predicted molar refractivity (Wildman–Crippen MR) is 80.3 cm³/mol. The highest BCUT2D eigenvalue weighted by molar-refractivity contribution is 7.90. The lowest BCUT2D eigenvalue weighted by atomic mass is 9.99. The van der Waals surface area contributed by atoms with E-state index < -0.39 is 9.84 Å². The van der Waals surface area contributed by atoms with Gasteiger partial charge in [0.2, 0.25) is 0 Å². The maximum atomic E-state index is 11.2. The van der Waals surface area contributed by atoms with Crippen LogP contribution in [0.2, 0.25) is 0 Å². The van der Waals surface area contributed by atoms with Crippen molar-refractivity contribution in [1.82, 2.24) is 15.1 Å². The highest BCUT2D eigenvalue weighted by Gasteiger charge is 2.29. The molecular weight excluding hydrogens is 262 g/mol. The summed E-state index contributed by atoms with van der Waals surface area (Å²) >= 11 is 0. The molecule has 1 heterocycles. The third-order valence-electron chi connectivity index (χ3n) is 3.86. The molecule has 1 aliphatic heterocycles. The summed E-state index contributed by atoms with van der Waals surface area (Å²) in [5, 5.41) is 3.53. The van der Waals surface area contributed by atoms with Crippen molar-refractivity contribution in [2.45, 2.75) is 31.8 Å². The minimum atomic E-state index is -2.84. The van der Waals surface area contributed by atoms with Crippen LogP contribution >= 0.6 is 0 Å². The predicted octanol–water partition coefficient (Wildman–Crippen LogP) is 0.0351. The molecule has 1 saturated heterocycles. The van der Waals surface area contributed by atoms with E-state index in [4.69, 9.17) is 0 Å². The molecule has 19 heavy (non-hydrogen) atoms. The fraction of sp³-hybridized carbons (Fsp3) is 1.00. The molecule has 0 aromatic heterocycles. The van der Waals surface area contributed by atoms with Crippen LogP contribution in [-0.4, -0.2) is 82.6 Å². The summed E-state index contributed by atoms with van der Waals surface area (Å²) in [6, 6.07) is 0.845. The van der Waals surface area contributed by atoms with Gasteiger partial charge in [0, 0.05) is 43.7 Å². The van der Waals surface area contributed by atoms with E-state index in [1.807, 2.05) is 0 Å². The van der Waals surface area contributed by atoms with Gasteiger partial charge >= 0.3 is 0 Å². The number of likely N-dealkylation sites (N-methyl/N-ethyl adjacent to an activating group) is 3. The van der Waals surface area contributed by atoms with Gasteiger partial charge in [0.1, 0.15) is 9.84 Å². The molecule has 2 unspecified atom stereocenters. The highest BCUT2D eigenvalue weighted by atomic mass is 32.2. The summed E-state index contributed by atoms with van der Waals surface area (Å²) in [6.07, 6.45) is 2.98. The van der Waals surface area contributed by atoms with E-state index in [9.17, 15) is 8.42 Å². The standard InChI is InChI=1S/C13H29N3O2S/c1-5-14-12(7-6-10-19(4,17)18)13-11-15(2)8-9-16(13)3/h12-14H,5-11H2,1-4H3. The Bertz CT molecular complexity index is 359. The molecule has 0 bridgehead atoms. The normalized spacial score (nSPS) is 24.5. The van der Waals surface area contributed by atoms with E-state index >= 15 is 0 Å². The molecule has 1 rings (SSSR count). The molecule has 2 atom stereocenters. The average molecular weight is 291 g/mol. The van der Waals surface area contributed by atoms with Gasteiger partial charge in [-0.1, -0.05) is 6.92 Å². The van der Waals surface area contributed by atoms with E-state index in [-0.39, 0.29) is 0 Å². The zero-order valence-electron chi connectivity index (χ0n) is 12.7. The van der Waals surface area contributed by atoms with Gasteiger partial charge < -0.3 is 10.2 Å². The van der Waals surface area contributed by atoms with E-state index in [2.05, 4.69) is 36.1 Å². The van der Waals surface area contributed by atoms with E-state index in [1.54, 1.807) is 0 Å². The Balaban J connectivity index is 2.54. The topological polar surface area (TPSA) is 52.7 Å². The lowest BCUT2D eigenvalue weighted by molar-refractivity contribution is 0.0855. The van der Waals surface area contributed by atoms with Crippen molar-refractivity contribution in [3.63, 3.8) is 0 Å². The van der Waals surface area contributed by atoms with Crippen molar-refractivity contribution < 1.29 is 8.42 Å². The Morgan fingerprint density at radius 2 is 2.00 bits per heavy atom. The van der Waals surface area contributed by atoms with Crippen LogP contribution in [0.4, 0.5) is 0 Å². The van der Waals surface area contributed by atoms with Crippen LogP contribution in [0, 0.1) is 0 Å². The van der Waals surface area contributed by atoms with Gasteiger partial charge in [0.05, 0.1) is 0 Å². The first kappa shape index (κ1) is 16.9. The molecule has 0 radical (unpaired) electrons. The van der Waals surface area contributed by atoms with Gasteiger partial charge in [-0.3, -0.25) is 4.90 Å². The van der Waals surface area contributed by atoms with E-state index in [0.717, 1.165) is 39.0 Å². The summed E-state index contributed by atoms with van der Waals surface area (Å²) in [5.41, 5.74) is 0. The van der Waals surface area contributed by atoms with Crippen LogP contribution in [0.25, 0.3) is 0 Å². The quantitative estimate of drug-likeness (QED) is 0.717. The first-order valence-corrected chi connectivity index (χ1v) is 9.19. The molecule has 1 N–H and O–H groups in total. The summed E-state index contributed by atoms with van der Waals surface area (Å²) in [5.74, 6) is 0.293. The van der Waals surface area contributed by atoms with Crippen molar-refractivity contribution in [2.75, 3.05) is 52.3 Å². The molecule has 5 nitrogen and oxygen atoms in total. The Labute approximate surface area is 118 Å². The van der Waals surface area contributed by atoms with Crippen molar-refractivity contribution in [3.05, 3.63) is 0 Å². The van der Waals surface area contributed by atoms with Gasteiger partial charge in [-0.15, -0.1) is 0 Å². The van der Waals surface area contributed by atoms with E-state index in [0.29, 0.717) is 17.8 Å². The Morgan fingerprint density at radius 3 is 2.58 bits per heavy atom. The molecule has 0 spiro atoms. The minimum Gasteiger partial charge on any atom is -0.313 e. The van der Waals surface area contributed by atoms with E-state index in [1.165, 1.54) is 6.26 Å². The van der Waals surface area contributed by atoms with Crippen LogP contribution < -0.4 is 5.32 Å². The number of nitrogens with one attached hydrogen (secondary N) is 1. The summed E-state index contributed by atoms with van der Waals surface area (Å²) in [7, 11) is 1.48.